The lowest BCUT2D eigenvalue weighted by Crippen LogP contribution is -2.02. The van der Waals surface area contributed by atoms with E-state index in [1.165, 1.54) is 17.4 Å². The second-order valence-electron chi connectivity index (χ2n) is 3.01. The van der Waals surface area contributed by atoms with E-state index in [4.69, 9.17) is 5.41 Å². The van der Waals surface area contributed by atoms with E-state index in [2.05, 4.69) is 32.1 Å². The van der Waals surface area contributed by atoms with E-state index in [0.29, 0.717) is 5.92 Å². The van der Waals surface area contributed by atoms with Crippen molar-refractivity contribution < 1.29 is 0 Å². The summed E-state index contributed by atoms with van der Waals surface area (Å²) in [6.45, 7) is 4.31. The maximum absolute atomic E-state index is 7.04. The van der Waals surface area contributed by atoms with E-state index in [1.807, 2.05) is 6.08 Å². The Morgan fingerprint density at radius 3 is 2.92 bits per heavy atom. The van der Waals surface area contributed by atoms with Gasteiger partial charge in [0.1, 0.15) is 0 Å². The summed E-state index contributed by atoms with van der Waals surface area (Å²) in [6.07, 6.45) is 10.7. The van der Waals surface area contributed by atoms with Crippen molar-refractivity contribution in [3.63, 3.8) is 0 Å². The lowest BCUT2D eigenvalue weighted by atomic mass is 9.88. The first-order chi connectivity index (χ1) is 5.79. The summed E-state index contributed by atoms with van der Waals surface area (Å²) in [4.78, 5) is 0. The standard InChI is InChI=1S/C11H15N/c1-3-10-6-4-5-9(2)11(10)7-8-12/h4-9,12H,3H2,1-2H3/b11-7+,12-8?. The first-order valence-electron chi connectivity index (χ1n) is 4.38. The van der Waals surface area contributed by atoms with Gasteiger partial charge in [0.05, 0.1) is 0 Å². The molecule has 1 atom stereocenters. The molecular weight excluding hydrogens is 146 g/mol. The van der Waals surface area contributed by atoms with Crippen LogP contribution in [0.4, 0.5) is 0 Å². The van der Waals surface area contributed by atoms with Crippen molar-refractivity contribution in [1.82, 2.24) is 0 Å². The molecule has 0 spiro atoms. The molecule has 0 fully saturated rings. The fourth-order valence-corrected chi connectivity index (χ4v) is 1.50. The average molecular weight is 161 g/mol. The van der Waals surface area contributed by atoms with Gasteiger partial charge in [0.15, 0.2) is 0 Å². The molecule has 0 aliphatic heterocycles. The van der Waals surface area contributed by atoms with Gasteiger partial charge in [-0.3, -0.25) is 0 Å². The molecule has 0 saturated heterocycles. The Balaban J connectivity index is 2.95. The van der Waals surface area contributed by atoms with Gasteiger partial charge in [-0.25, -0.2) is 0 Å². The molecule has 12 heavy (non-hydrogen) atoms. The van der Waals surface area contributed by atoms with Crippen LogP contribution in [0.2, 0.25) is 0 Å². The Bertz CT molecular complexity index is 256. The quantitative estimate of drug-likeness (QED) is 0.602. The Morgan fingerprint density at radius 1 is 1.58 bits per heavy atom. The maximum atomic E-state index is 7.04. The van der Waals surface area contributed by atoms with Crippen molar-refractivity contribution in [2.24, 2.45) is 5.92 Å². The highest BCUT2D eigenvalue weighted by atomic mass is 14.3. The SMILES string of the molecule is CCC1=CC=CC(C)/C1=C\C=N. The molecule has 1 rings (SSSR count). The van der Waals surface area contributed by atoms with Gasteiger partial charge in [0, 0.05) is 6.21 Å². The van der Waals surface area contributed by atoms with Crippen molar-refractivity contribution >= 4 is 6.21 Å². The number of nitrogens with one attached hydrogen (secondary N) is 1. The first-order valence-corrected chi connectivity index (χ1v) is 4.38. The molecule has 1 unspecified atom stereocenters. The van der Waals surface area contributed by atoms with Gasteiger partial charge in [-0.15, -0.1) is 0 Å². The molecular formula is C11H15N. The highest BCUT2D eigenvalue weighted by Gasteiger charge is 2.11. The van der Waals surface area contributed by atoms with Crippen molar-refractivity contribution in [2.75, 3.05) is 0 Å². The molecule has 0 aromatic carbocycles. The van der Waals surface area contributed by atoms with Gasteiger partial charge >= 0.3 is 0 Å². The summed E-state index contributed by atoms with van der Waals surface area (Å²) in [7, 11) is 0. The summed E-state index contributed by atoms with van der Waals surface area (Å²) >= 11 is 0. The summed E-state index contributed by atoms with van der Waals surface area (Å²) in [5.41, 5.74) is 2.64. The molecule has 1 N–H and O–H groups in total. The Kier molecular flexibility index (Phi) is 3.03. The third-order valence-electron chi connectivity index (χ3n) is 2.20. The molecule has 0 heterocycles. The largest absolute Gasteiger partial charge is 0.309 e. The molecule has 1 heteroatoms. The fourth-order valence-electron chi connectivity index (χ4n) is 1.50. The predicted molar refractivity (Wildman–Crippen MR) is 53.5 cm³/mol. The van der Waals surface area contributed by atoms with Crippen LogP contribution in [-0.2, 0) is 0 Å². The van der Waals surface area contributed by atoms with E-state index in [-0.39, 0.29) is 0 Å². The number of hydrogen-bond acceptors (Lipinski definition) is 1. The van der Waals surface area contributed by atoms with Crippen LogP contribution in [0.25, 0.3) is 0 Å². The molecule has 0 radical (unpaired) electrons. The Morgan fingerprint density at radius 2 is 2.33 bits per heavy atom. The van der Waals surface area contributed by atoms with E-state index in [1.54, 1.807) is 0 Å². The van der Waals surface area contributed by atoms with Gasteiger partial charge in [0.2, 0.25) is 0 Å². The lowest BCUT2D eigenvalue weighted by molar-refractivity contribution is 0.843. The van der Waals surface area contributed by atoms with Crippen LogP contribution in [0.5, 0.6) is 0 Å². The molecule has 1 aliphatic rings. The summed E-state index contributed by atoms with van der Waals surface area (Å²) < 4.78 is 0. The fraction of sp³-hybridized carbons (Fsp3) is 0.364. The maximum Gasteiger partial charge on any atom is 0.0180 e. The van der Waals surface area contributed by atoms with Crippen LogP contribution in [0.1, 0.15) is 20.3 Å². The van der Waals surface area contributed by atoms with Gasteiger partial charge in [0.25, 0.3) is 0 Å². The molecule has 0 amide bonds. The Hall–Kier alpha value is -1.11. The molecule has 1 nitrogen and oxygen atoms in total. The topological polar surface area (TPSA) is 23.9 Å². The van der Waals surface area contributed by atoms with Crippen LogP contribution in [0, 0.1) is 11.3 Å². The summed E-state index contributed by atoms with van der Waals surface area (Å²) in [6, 6.07) is 0. The minimum absolute atomic E-state index is 0.464. The number of allylic oxidation sites excluding steroid dienone is 6. The van der Waals surface area contributed by atoms with Crippen LogP contribution in [-0.4, -0.2) is 6.21 Å². The summed E-state index contributed by atoms with van der Waals surface area (Å²) in [5.74, 6) is 0.464. The van der Waals surface area contributed by atoms with Crippen molar-refractivity contribution in [3.05, 3.63) is 35.5 Å². The van der Waals surface area contributed by atoms with E-state index in [0.717, 1.165) is 6.42 Å². The normalized spacial score (nSPS) is 25.7. The van der Waals surface area contributed by atoms with Crippen molar-refractivity contribution in [3.8, 4) is 0 Å². The highest BCUT2D eigenvalue weighted by Crippen LogP contribution is 2.26. The van der Waals surface area contributed by atoms with Crippen molar-refractivity contribution in [2.45, 2.75) is 20.3 Å². The predicted octanol–water partition coefficient (Wildman–Crippen LogP) is 3.10. The van der Waals surface area contributed by atoms with Gasteiger partial charge in [-0.2, -0.15) is 0 Å². The smallest absolute Gasteiger partial charge is 0.0180 e. The number of hydrogen-bond donors (Lipinski definition) is 1. The van der Waals surface area contributed by atoms with E-state index < -0.39 is 0 Å². The first kappa shape index (κ1) is 8.98. The zero-order valence-corrected chi connectivity index (χ0v) is 7.67. The third-order valence-corrected chi connectivity index (χ3v) is 2.20. The third kappa shape index (κ3) is 1.73. The molecule has 0 aromatic rings. The van der Waals surface area contributed by atoms with Crippen LogP contribution >= 0.6 is 0 Å². The average Bonchev–Trinajstić information content (AvgIpc) is 2.09. The monoisotopic (exact) mass is 161 g/mol. The second-order valence-corrected chi connectivity index (χ2v) is 3.01. The molecule has 0 aromatic heterocycles. The number of rotatable bonds is 2. The zero-order valence-electron chi connectivity index (χ0n) is 7.67. The van der Waals surface area contributed by atoms with Gasteiger partial charge in [-0.05, 0) is 29.6 Å². The Labute approximate surface area is 74.0 Å². The molecule has 0 saturated carbocycles. The summed E-state index contributed by atoms with van der Waals surface area (Å²) in [5, 5.41) is 7.04. The highest BCUT2D eigenvalue weighted by molar-refractivity contribution is 5.71. The second kappa shape index (κ2) is 4.05. The van der Waals surface area contributed by atoms with Crippen LogP contribution in [0.3, 0.4) is 0 Å². The molecule has 0 bridgehead atoms. The van der Waals surface area contributed by atoms with Crippen molar-refractivity contribution in [1.29, 1.82) is 5.41 Å². The minimum Gasteiger partial charge on any atom is -0.309 e. The molecule has 64 valence electrons. The lowest BCUT2D eigenvalue weighted by Gasteiger charge is -2.17. The van der Waals surface area contributed by atoms with E-state index >= 15 is 0 Å². The van der Waals surface area contributed by atoms with Gasteiger partial charge < -0.3 is 5.41 Å². The van der Waals surface area contributed by atoms with E-state index in [9.17, 15) is 0 Å². The minimum atomic E-state index is 0.464. The van der Waals surface area contributed by atoms with Crippen LogP contribution in [0.15, 0.2) is 35.5 Å². The zero-order chi connectivity index (χ0) is 8.97. The molecule has 1 aliphatic carbocycles. The van der Waals surface area contributed by atoms with Gasteiger partial charge in [-0.1, -0.05) is 32.1 Å². The van der Waals surface area contributed by atoms with Crippen LogP contribution < -0.4 is 0 Å².